The van der Waals surface area contributed by atoms with Crippen molar-refractivity contribution in [1.82, 2.24) is 4.90 Å². The van der Waals surface area contributed by atoms with Crippen LogP contribution in [0.5, 0.6) is 5.75 Å². The van der Waals surface area contributed by atoms with Gasteiger partial charge in [-0.2, -0.15) is 0 Å². The number of anilines is 2. The summed E-state index contributed by atoms with van der Waals surface area (Å²) in [4.78, 5) is 25.8. The number of benzene rings is 2. The lowest BCUT2D eigenvalue weighted by atomic mass is 9.94. The van der Waals surface area contributed by atoms with E-state index < -0.39 is 0 Å². The van der Waals surface area contributed by atoms with Gasteiger partial charge in [0.25, 0.3) is 0 Å². The fourth-order valence-corrected chi connectivity index (χ4v) is 3.33. The Bertz CT molecular complexity index is 885. The second-order valence-corrected chi connectivity index (χ2v) is 6.49. The van der Waals surface area contributed by atoms with Gasteiger partial charge in [-0.3, -0.25) is 4.79 Å². The van der Waals surface area contributed by atoms with Gasteiger partial charge in [0.2, 0.25) is 5.91 Å². The van der Waals surface area contributed by atoms with Crippen LogP contribution in [-0.2, 0) is 11.2 Å². The van der Waals surface area contributed by atoms with E-state index in [2.05, 4.69) is 10.6 Å². The molecule has 0 spiro atoms. The van der Waals surface area contributed by atoms with Gasteiger partial charge in [0.1, 0.15) is 11.6 Å². The van der Waals surface area contributed by atoms with Crippen molar-refractivity contribution in [2.45, 2.75) is 26.3 Å². The Kier molecular flexibility index (Phi) is 5.30. The van der Waals surface area contributed by atoms with Gasteiger partial charge in [-0.15, -0.1) is 0 Å². The first-order valence-corrected chi connectivity index (χ1v) is 8.70. The highest BCUT2D eigenvalue weighted by Crippen LogP contribution is 2.32. The third-order valence-electron chi connectivity index (χ3n) is 4.67. The second-order valence-electron chi connectivity index (χ2n) is 6.49. The highest BCUT2D eigenvalue weighted by molar-refractivity contribution is 5.94. The van der Waals surface area contributed by atoms with Crippen molar-refractivity contribution in [1.29, 1.82) is 0 Å². The number of hydrogen-bond donors (Lipinski definition) is 2. The summed E-state index contributed by atoms with van der Waals surface area (Å²) in [6.45, 7) is 3.82. The van der Waals surface area contributed by atoms with Crippen molar-refractivity contribution < 1.29 is 18.7 Å². The Morgan fingerprint density at radius 1 is 1.19 bits per heavy atom. The summed E-state index contributed by atoms with van der Waals surface area (Å²) in [5.41, 5.74) is 2.89. The molecule has 1 atom stereocenters. The zero-order valence-electron chi connectivity index (χ0n) is 15.5. The van der Waals surface area contributed by atoms with Crippen molar-refractivity contribution in [2.75, 3.05) is 24.3 Å². The quantitative estimate of drug-likeness (QED) is 0.858. The number of amides is 3. The average molecular weight is 371 g/mol. The average Bonchev–Trinajstić information content (AvgIpc) is 2.62. The number of methoxy groups -OCH3 is 1. The van der Waals surface area contributed by atoms with Gasteiger partial charge in [0.05, 0.1) is 18.8 Å². The number of halogens is 1. The van der Waals surface area contributed by atoms with Gasteiger partial charge in [-0.05, 0) is 54.8 Å². The maximum absolute atomic E-state index is 13.6. The monoisotopic (exact) mass is 371 g/mol. The van der Waals surface area contributed by atoms with E-state index in [4.69, 9.17) is 4.74 Å². The molecule has 1 aliphatic heterocycles. The van der Waals surface area contributed by atoms with Crippen LogP contribution in [0, 0.1) is 5.82 Å². The van der Waals surface area contributed by atoms with Crippen LogP contribution in [0.1, 0.15) is 31.0 Å². The van der Waals surface area contributed by atoms with Crippen LogP contribution in [0.15, 0.2) is 36.4 Å². The van der Waals surface area contributed by atoms with Gasteiger partial charge in [-0.1, -0.05) is 6.07 Å². The molecule has 2 N–H and O–H groups in total. The lowest BCUT2D eigenvalue weighted by molar-refractivity contribution is -0.114. The molecule has 2 aromatic carbocycles. The van der Waals surface area contributed by atoms with Gasteiger partial charge in [0.15, 0.2) is 0 Å². The van der Waals surface area contributed by atoms with E-state index in [9.17, 15) is 14.0 Å². The molecule has 142 valence electrons. The third kappa shape index (κ3) is 4.02. The molecule has 0 radical (unpaired) electrons. The molecule has 27 heavy (non-hydrogen) atoms. The number of nitrogens with zero attached hydrogens (tertiary/aromatic N) is 1. The SMILES string of the molecule is COc1ccc(NC(=O)N2CCc3ccc(F)cc3C2C)cc1NC(C)=O. The molecule has 3 rings (SSSR count). The second kappa shape index (κ2) is 7.65. The fraction of sp³-hybridized carbons (Fsp3) is 0.300. The minimum absolute atomic E-state index is 0.236. The van der Waals surface area contributed by atoms with E-state index >= 15 is 0 Å². The number of nitrogens with one attached hydrogen (secondary N) is 2. The van der Waals surface area contributed by atoms with E-state index in [1.807, 2.05) is 6.92 Å². The number of rotatable bonds is 3. The highest BCUT2D eigenvalue weighted by Gasteiger charge is 2.28. The smallest absolute Gasteiger partial charge is 0.322 e. The van der Waals surface area contributed by atoms with Crippen molar-refractivity contribution in [3.05, 3.63) is 53.3 Å². The molecule has 0 saturated carbocycles. The number of urea groups is 1. The predicted octanol–water partition coefficient (Wildman–Crippen LogP) is 3.94. The van der Waals surface area contributed by atoms with E-state index in [0.29, 0.717) is 30.1 Å². The van der Waals surface area contributed by atoms with Gasteiger partial charge in [0, 0.05) is 19.2 Å². The number of fused-ring (bicyclic) bond motifs is 1. The summed E-state index contributed by atoms with van der Waals surface area (Å²) in [6, 6.07) is 9.20. The molecular formula is C20H22FN3O3. The molecule has 1 heterocycles. The van der Waals surface area contributed by atoms with Crippen LogP contribution >= 0.6 is 0 Å². The van der Waals surface area contributed by atoms with Crippen LogP contribution in [0.25, 0.3) is 0 Å². The molecule has 6 nitrogen and oxygen atoms in total. The zero-order chi connectivity index (χ0) is 19.6. The lowest BCUT2D eigenvalue weighted by Crippen LogP contribution is -2.41. The Hall–Kier alpha value is -3.09. The van der Waals surface area contributed by atoms with Crippen LogP contribution in [0.2, 0.25) is 0 Å². The van der Waals surface area contributed by atoms with Crippen molar-refractivity contribution in [3.63, 3.8) is 0 Å². The molecule has 7 heteroatoms. The van der Waals surface area contributed by atoms with Gasteiger partial charge < -0.3 is 20.3 Å². The molecule has 0 aliphatic carbocycles. The van der Waals surface area contributed by atoms with Gasteiger partial charge in [-0.25, -0.2) is 9.18 Å². The first-order chi connectivity index (χ1) is 12.9. The topological polar surface area (TPSA) is 70.7 Å². The number of carbonyl (C=O) groups is 2. The Morgan fingerprint density at radius 2 is 1.96 bits per heavy atom. The lowest BCUT2D eigenvalue weighted by Gasteiger charge is -2.35. The van der Waals surface area contributed by atoms with E-state index in [1.165, 1.54) is 26.2 Å². The molecular weight excluding hydrogens is 349 g/mol. The zero-order valence-corrected chi connectivity index (χ0v) is 15.5. The number of carbonyl (C=O) groups excluding carboxylic acids is 2. The Labute approximate surface area is 157 Å². The standard InChI is InChI=1S/C20H22FN3O3/c1-12-17-10-15(21)5-4-14(17)8-9-24(12)20(26)23-16-6-7-19(27-3)18(11-16)22-13(2)25/h4-7,10-12H,8-9H2,1-3H3,(H,22,25)(H,23,26). The molecule has 3 amide bonds. The fourth-order valence-electron chi connectivity index (χ4n) is 3.33. The van der Waals surface area contributed by atoms with E-state index in [-0.39, 0.29) is 23.8 Å². The summed E-state index contributed by atoms with van der Waals surface area (Å²) in [6.07, 6.45) is 0.674. The normalized spacial score (nSPS) is 15.7. The molecule has 0 fully saturated rings. The summed E-state index contributed by atoms with van der Waals surface area (Å²) in [7, 11) is 1.50. The minimum atomic E-state index is -0.307. The van der Waals surface area contributed by atoms with Crippen LogP contribution in [0.3, 0.4) is 0 Å². The van der Waals surface area contributed by atoms with E-state index in [1.54, 1.807) is 29.2 Å². The summed E-state index contributed by atoms with van der Waals surface area (Å²) >= 11 is 0. The summed E-state index contributed by atoms with van der Waals surface area (Å²) < 4.78 is 18.8. The predicted molar refractivity (Wildman–Crippen MR) is 102 cm³/mol. The number of hydrogen-bond acceptors (Lipinski definition) is 3. The number of ether oxygens (including phenoxy) is 1. The third-order valence-corrected chi connectivity index (χ3v) is 4.67. The Balaban J connectivity index is 1.78. The summed E-state index contributed by atoms with van der Waals surface area (Å²) in [5, 5.41) is 5.51. The van der Waals surface area contributed by atoms with Crippen molar-refractivity contribution in [3.8, 4) is 5.75 Å². The Morgan fingerprint density at radius 3 is 2.67 bits per heavy atom. The maximum Gasteiger partial charge on any atom is 0.322 e. The highest BCUT2D eigenvalue weighted by atomic mass is 19.1. The first kappa shape index (κ1) is 18.7. The van der Waals surface area contributed by atoms with Crippen molar-refractivity contribution >= 4 is 23.3 Å². The largest absolute Gasteiger partial charge is 0.495 e. The van der Waals surface area contributed by atoms with Crippen molar-refractivity contribution in [2.24, 2.45) is 0 Å². The summed E-state index contributed by atoms with van der Waals surface area (Å²) in [5.74, 6) is -0.0445. The van der Waals surface area contributed by atoms with Crippen LogP contribution in [-0.4, -0.2) is 30.5 Å². The molecule has 2 aromatic rings. The maximum atomic E-state index is 13.6. The molecule has 1 unspecified atom stereocenters. The van der Waals surface area contributed by atoms with Gasteiger partial charge >= 0.3 is 6.03 Å². The molecule has 0 aromatic heterocycles. The van der Waals surface area contributed by atoms with Crippen LogP contribution in [0.4, 0.5) is 20.6 Å². The molecule has 0 saturated heterocycles. The minimum Gasteiger partial charge on any atom is -0.495 e. The van der Waals surface area contributed by atoms with E-state index in [0.717, 1.165) is 11.1 Å². The molecule has 1 aliphatic rings. The van der Waals surface area contributed by atoms with Crippen LogP contribution < -0.4 is 15.4 Å². The molecule has 0 bridgehead atoms. The first-order valence-electron chi connectivity index (χ1n) is 8.70.